The van der Waals surface area contributed by atoms with Gasteiger partial charge in [0.1, 0.15) is 5.75 Å². The van der Waals surface area contributed by atoms with Crippen molar-refractivity contribution in [2.75, 3.05) is 6.61 Å². The molecule has 0 fully saturated rings. The van der Waals surface area contributed by atoms with Gasteiger partial charge in [-0.2, -0.15) is 5.10 Å². The van der Waals surface area contributed by atoms with Gasteiger partial charge in [0.25, 0.3) is 5.91 Å². The minimum Gasteiger partial charge on any atom is -0.492 e. The van der Waals surface area contributed by atoms with Crippen LogP contribution in [-0.4, -0.2) is 18.7 Å². The summed E-state index contributed by atoms with van der Waals surface area (Å²) in [6, 6.07) is 17.1. The summed E-state index contributed by atoms with van der Waals surface area (Å²) in [5.74, 6) is 0.492. The van der Waals surface area contributed by atoms with Crippen molar-refractivity contribution in [2.45, 2.75) is 6.92 Å². The second-order valence-corrected chi connectivity index (χ2v) is 7.18. The Kier molecular flexibility index (Phi) is 6.06. The van der Waals surface area contributed by atoms with Crippen LogP contribution in [0.3, 0.4) is 0 Å². The van der Waals surface area contributed by atoms with Crippen LogP contribution in [0.15, 0.2) is 68.6 Å². The lowest BCUT2D eigenvalue weighted by atomic mass is 10.0. The van der Waals surface area contributed by atoms with Crippen molar-refractivity contribution in [1.82, 2.24) is 5.43 Å². The molecule has 0 saturated heterocycles. The Bertz CT molecular complexity index is 958. The molecule has 0 spiro atoms. The molecule has 4 nitrogen and oxygen atoms in total. The van der Waals surface area contributed by atoms with Crippen LogP contribution in [0.2, 0.25) is 0 Å². The van der Waals surface area contributed by atoms with Gasteiger partial charge in [-0.05, 0) is 73.3 Å². The zero-order valence-electron chi connectivity index (χ0n) is 14.0. The van der Waals surface area contributed by atoms with E-state index < -0.39 is 0 Å². The molecule has 3 aromatic carbocycles. The van der Waals surface area contributed by atoms with Gasteiger partial charge in [-0.3, -0.25) is 4.79 Å². The van der Waals surface area contributed by atoms with E-state index in [4.69, 9.17) is 4.74 Å². The molecule has 3 rings (SSSR count). The number of ether oxygens (including phenoxy) is 1. The number of halogens is 2. The van der Waals surface area contributed by atoms with Crippen molar-refractivity contribution < 1.29 is 9.53 Å². The molecule has 0 unspecified atom stereocenters. The first-order valence-corrected chi connectivity index (χ1v) is 9.61. The minimum atomic E-state index is -0.248. The molecule has 0 atom stereocenters. The lowest BCUT2D eigenvalue weighted by Crippen LogP contribution is -2.17. The van der Waals surface area contributed by atoms with Crippen molar-refractivity contribution in [1.29, 1.82) is 0 Å². The van der Waals surface area contributed by atoms with Crippen LogP contribution < -0.4 is 10.2 Å². The Morgan fingerprint density at radius 2 is 1.81 bits per heavy atom. The molecular formula is C20H16Br2N2O2. The van der Waals surface area contributed by atoms with Crippen LogP contribution in [-0.2, 0) is 0 Å². The number of benzene rings is 3. The summed E-state index contributed by atoms with van der Waals surface area (Å²) in [5.41, 5.74) is 4.00. The highest BCUT2D eigenvalue weighted by Gasteiger charge is 2.09. The van der Waals surface area contributed by atoms with Gasteiger partial charge in [0.2, 0.25) is 0 Å². The molecule has 0 heterocycles. The van der Waals surface area contributed by atoms with Crippen LogP contribution in [0.1, 0.15) is 22.8 Å². The number of hydrazone groups is 1. The Hall–Kier alpha value is -2.18. The molecule has 6 heteroatoms. The quantitative estimate of drug-likeness (QED) is 0.389. The average molecular weight is 476 g/mol. The molecule has 0 saturated carbocycles. The number of carbonyl (C=O) groups excluding carboxylic acids is 1. The molecule has 132 valence electrons. The minimum absolute atomic E-state index is 0.248. The van der Waals surface area contributed by atoms with Gasteiger partial charge in [0.15, 0.2) is 0 Å². The van der Waals surface area contributed by atoms with Gasteiger partial charge in [0.05, 0.1) is 21.8 Å². The Labute approximate surface area is 168 Å². The number of amides is 1. The number of hydrogen-bond donors (Lipinski definition) is 1. The maximum absolute atomic E-state index is 12.5. The second-order valence-electron chi connectivity index (χ2n) is 5.47. The van der Waals surface area contributed by atoms with E-state index in [1.54, 1.807) is 12.3 Å². The lowest BCUT2D eigenvalue weighted by molar-refractivity contribution is 0.0957. The van der Waals surface area contributed by atoms with Crippen LogP contribution in [0, 0.1) is 0 Å². The first kappa shape index (κ1) is 18.6. The highest BCUT2D eigenvalue weighted by atomic mass is 79.9. The Morgan fingerprint density at radius 3 is 2.54 bits per heavy atom. The van der Waals surface area contributed by atoms with Gasteiger partial charge in [-0.25, -0.2) is 5.43 Å². The largest absolute Gasteiger partial charge is 0.492 e. The highest BCUT2D eigenvalue weighted by molar-refractivity contribution is 9.11. The van der Waals surface area contributed by atoms with Crippen molar-refractivity contribution in [3.63, 3.8) is 0 Å². The van der Waals surface area contributed by atoms with Crippen LogP contribution >= 0.6 is 31.9 Å². The summed E-state index contributed by atoms with van der Waals surface area (Å²) < 4.78 is 7.19. The first-order chi connectivity index (χ1) is 12.6. The van der Waals surface area contributed by atoms with Crippen LogP contribution in [0.25, 0.3) is 10.8 Å². The molecule has 1 amide bonds. The van der Waals surface area contributed by atoms with Crippen molar-refractivity contribution >= 4 is 54.8 Å². The van der Waals surface area contributed by atoms with E-state index in [-0.39, 0.29) is 5.91 Å². The molecule has 3 aromatic rings. The average Bonchev–Trinajstić information content (AvgIpc) is 2.64. The van der Waals surface area contributed by atoms with E-state index in [1.165, 1.54) is 0 Å². The predicted molar refractivity (Wildman–Crippen MR) is 112 cm³/mol. The SMILES string of the molecule is CCOc1c(Br)cc(/C=N\NC(=O)c2cccc3ccccc23)cc1Br. The number of hydrogen-bond acceptors (Lipinski definition) is 3. The molecule has 0 aliphatic heterocycles. The number of nitrogens with one attached hydrogen (secondary N) is 1. The molecular weight excluding hydrogens is 460 g/mol. The maximum Gasteiger partial charge on any atom is 0.271 e. The number of rotatable bonds is 5. The third-order valence-corrected chi connectivity index (χ3v) is 4.90. The summed E-state index contributed by atoms with van der Waals surface area (Å²) in [5, 5.41) is 5.99. The van der Waals surface area contributed by atoms with Crippen LogP contribution in [0.5, 0.6) is 5.75 Å². The molecule has 0 bridgehead atoms. The van der Waals surface area contributed by atoms with Gasteiger partial charge in [0, 0.05) is 5.56 Å². The molecule has 0 aromatic heterocycles. The Morgan fingerprint density at radius 1 is 1.12 bits per heavy atom. The zero-order valence-corrected chi connectivity index (χ0v) is 17.2. The first-order valence-electron chi connectivity index (χ1n) is 8.03. The third kappa shape index (κ3) is 4.14. The molecule has 26 heavy (non-hydrogen) atoms. The van der Waals surface area contributed by atoms with Crippen LogP contribution in [0.4, 0.5) is 0 Å². The summed E-state index contributed by atoms with van der Waals surface area (Å²) in [4.78, 5) is 12.5. The maximum atomic E-state index is 12.5. The van der Waals surface area contributed by atoms with E-state index in [0.29, 0.717) is 12.2 Å². The summed E-state index contributed by atoms with van der Waals surface area (Å²) in [6.45, 7) is 2.50. The molecule has 0 radical (unpaired) electrons. The number of nitrogens with zero attached hydrogens (tertiary/aromatic N) is 1. The van der Waals surface area contributed by atoms with Gasteiger partial charge < -0.3 is 4.74 Å². The predicted octanol–water partition coefficient (Wildman–Crippen LogP) is 5.53. The summed E-state index contributed by atoms with van der Waals surface area (Å²) >= 11 is 6.96. The van der Waals surface area contributed by atoms with E-state index in [1.807, 2.05) is 55.5 Å². The summed E-state index contributed by atoms with van der Waals surface area (Å²) in [7, 11) is 0. The van der Waals surface area contributed by atoms with Gasteiger partial charge >= 0.3 is 0 Å². The standard InChI is InChI=1S/C20H16Br2N2O2/c1-2-26-19-17(21)10-13(11-18(19)22)12-23-24-20(25)16-9-5-7-14-6-3-4-8-15(14)16/h3-12H,2H2,1H3,(H,24,25)/b23-12-. The second kappa shape index (κ2) is 8.47. The lowest BCUT2D eigenvalue weighted by Gasteiger charge is -2.09. The normalized spacial score (nSPS) is 11.0. The number of carbonyl (C=O) groups is 1. The fourth-order valence-corrected chi connectivity index (χ4v) is 4.04. The smallest absolute Gasteiger partial charge is 0.271 e. The van der Waals surface area contributed by atoms with Gasteiger partial charge in [-0.1, -0.05) is 36.4 Å². The molecule has 0 aliphatic rings. The highest BCUT2D eigenvalue weighted by Crippen LogP contribution is 2.34. The van der Waals surface area contributed by atoms with Gasteiger partial charge in [-0.15, -0.1) is 0 Å². The Balaban J connectivity index is 1.77. The summed E-state index contributed by atoms with van der Waals surface area (Å²) in [6.07, 6.45) is 1.59. The number of fused-ring (bicyclic) bond motifs is 1. The van der Waals surface area contributed by atoms with Crippen molar-refractivity contribution in [3.05, 3.63) is 74.7 Å². The van der Waals surface area contributed by atoms with E-state index in [9.17, 15) is 4.79 Å². The zero-order chi connectivity index (χ0) is 18.5. The monoisotopic (exact) mass is 474 g/mol. The molecule has 1 N–H and O–H groups in total. The van der Waals surface area contributed by atoms with Crippen molar-refractivity contribution in [2.24, 2.45) is 5.10 Å². The van der Waals surface area contributed by atoms with E-state index in [0.717, 1.165) is 31.0 Å². The fraction of sp³-hybridized carbons (Fsp3) is 0.100. The van der Waals surface area contributed by atoms with E-state index in [2.05, 4.69) is 42.4 Å². The van der Waals surface area contributed by atoms with Crippen molar-refractivity contribution in [3.8, 4) is 5.75 Å². The fourth-order valence-electron chi connectivity index (χ4n) is 2.59. The van der Waals surface area contributed by atoms with E-state index >= 15 is 0 Å². The molecule has 0 aliphatic carbocycles. The third-order valence-electron chi connectivity index (χ3n) is 3.72. The topological polar surface area (TPSA) is 50.7 Å².